The van der Waals surface area contributed by atoms with Gasteiger partial charge in [-0.15, -0.1) is 11.3 Å². The third-order valence-electron chi connectivity index (χ3n) is 6.08. The average Bonchev–Trinajstić information content (AvgIpc) is 3.34. The van der Waals surface area contributed by atoms with Crippen LogP contribution in [0.2, 0.25) is 0 Å². The standard InChI is InChI=1S/C24H28N2OS/c1-16(24(2,3)4)23(27)26-14-8-13-21(26)22-25-20(15-28-22)19-12-7-10-17-9-5-6-11-18(17)19/h5-7,9-12,15-16,21H,8,13-14H2,1-4H3/t16-,21+/m1/s1. The average molecular weight is 393 g/mol. The molecule has 2 aromatic carbocycles. The molecule has 2 atom stereocenters. The fraction of sp³-hybridized carbons (Fsp3) is 0.417. The second-order valence-corrected chi connectivity index (χ2v) is 9.76. The Morgan fingerprint density at radius 1 is 1.18 bits per heavy atom. The van der Waals surface area contributed by atoms with Crippen molar-refractivity contribution in [3.05, 3.63) is 52.9 Å². The number of fused-ring (bicyclic) bond motifs is 1. The monoisotopic (exact) mass is 392 g/mol. The van der Waals surface area contributed by atoms with Crippen LogP contribution in [0.3, 0.4) is 0 Å². The Morgan fingerprint density at radius 3 is 2.71 bits per heavy atom. The molecule has 3 aromatic rings. The van der Waals surface area contributed by atoms with Gasteiger partial charge in [0.05, 0.1) is 11.7 Å². The third-order valence-corrected chi connectivity index (χ3v) is 7.02. The Labute approximate surface area is 171 Å². The van der Waals surface area contributed by atoms with E-state index in [1.54, 1.807) is 11.3 Å². The molecular formula is C24H28N2OS. The Bertz CT molecular complexity index is 996. The topological polar surface area (TPSA) is 33.2 Å². The Kier molecular flexibility index (Phi) is 5.00. The van der Waals surface area contributed by atoms with Gasteiger partial charge in [0.15, 0.2) is 0 Å². The Balaban J connectivity index is 1.64. The van der Waals surface area contributed by atoms with Crippen LogP contribution in [0, 0.1) is 11.3 Å². The van der Waals surface area contributed by atoms with Crippen LogP contribution in [0.15, 0.2) is 47.8 Å². The van der Waals surface area contributed by atoms with Crippen LogP contribution in [0.5, 0.6) is 0 Å². The molecule has 1 aliphatic heterocycles. The highest BCUT2D eigenvalue weighted by molar-refractivity contribution is 7.10. The number of hydrogen-bond acceptors (Lipinski definition) is 3. The van der Waals surface area contributed by atoms with Crippen molar-refractivity contribution in [2.75, 3.05) is 6.54 Å². The molecule has 3 nitrogen and oxygen atoms in total. The van der Waals surface area contributed by atoms with E-state index in [9.17, 15) is 4.79 Å². The van der Waals surface area contributed by atoms with Crippen LogP contribution in [0.25, 0.3) is 22.0 Å². The third kappa shape index (κ3) is 3.46. The molecule has 1 saturated heterocycles. The number of benzene rings is 2. The maximum Gasteiger partial charge on any atom is 0.226 e. The predicted molar refractivity (Wildman–Crippen MR) is 117 cm³/mol. The van der Waals surface area contributed by atoms with Crippen molar-refractivity contribution in [2.45, 2.75) is 46.6 Å². The van der Waals surface area contributed by atoms with Crippen molar-refractivity contribution in [3.8, 4) is 11.3 Å². The highest BCUT2D eigenvalue weighted by Gasteiger charge is 2.37. The van der Waals surface area contributed by atoms with Crippen LogP contribution < -0.4 is 0 Å². The predicted octanol–water partition coefficient (Wildman–Crippen LogP) is 6.31. The molecule has 146 valence electrons. The second-order valence-electron chi connectivity index (χ2n) is 8.88. The molecule has 0 aliphatic carbocycles. The summed E-state index contributed by atoms with van der Waals surface area (Å²) in [5, 5.41) is 5.66. The molecule has 4 heteroatoms. The highest BCUT2D eigenvalue weighted by Crippen LogP contribution is 2.39. The molecule has 4 rings (SSSR count). The molecule has 0 saturated carbocycles. The van der Waals surface area contributed by atoms with Crippen molar-refractivity contribution in [2.24, 2.45) is 11.3 Å². The first-order valence-corrected chi connectivity index (χ1v) is 11.0. The van der Waals surface area contributed by atoms with Gasteiger partial charge in [-0.25, -0.2) is 4.98 Å². The van der Waals surface area contributed by atoms with Gasteiger partial charge in [0.1, 0.15) is 5.01 Å². The summed E-state index contributed by atoms with van der Waals surface area (Å²) in [4.78, 5) is 20.2. The number of amides is 1. The van der Waals surface area contributed by atoms with Gasteiger partial charge in [-0.1, -0.05) is 70.2 Å². The minimum absolute atomic E-state index is 0.00518. The van der Waals surface area contributed by atoms with Gasteiger partial charge in [-0.05, 0) is 29.0 Å². The summed E-state index contributed by atoms with van der Waals surface area (Å²) in [6.45, 7) is 9.32. The molecule has 0 radical (unpaired) electrons. The van der Waals surface area contributed by atoms with Gasteiger partial charge in [-0.2, -0.15) is 0 Å². The van der Waals surface area contributed by atoms with Gasteiger partial charge >= 0.3 is 0 Å². The molecule has 0 N–H and O–H groups in total. The van der Waals surface area contributed by atoms with Crippen LogP contribution >= 0.6 is 11.3 Å². The molecule has 2 heterocycles. The van der Waals surface area contributed by atoms with Crippen LogP contribution in [0.4, 0.5) is 0 Å². The van der Waals surface area contributed by atoms with Gasteiger partial charge in [0, 0.05) is 23.4 Å². The lowest BCUT2D eigenvalue weighted by Gasteiger charge is -2.32. The summed E-state index contributed by atoms with van der Waals surface area (Å²) in [6, 6.07) is 14.9. The number of carbonyl (C=O) groups is 1. The lowest BCUT2D eigenvalue weighted by Crippen LogP contribution is -2.39. The smallest absolute Gasteiger partial charge is 0.226 e. The summed E-state index contributed by atoms with van der Waals surface area (Å²) >= 11 is 1.69. The molecule has 28 heavy (non-hydrogen) atoms. The lowest BCUT2D eigenvalue weighted by atomic mass is 9.81. The van der Waals surface area contributed by atoms with E-state index in [0.29, 0.717) is 0 Å². The minimum atomic E-state index is -0.0266. The Hall–Kier alpha value is -2.20. The molecule has 1 amide bonds. The highest BCUT2D eigenvalue weighted by atomic mass is 32.1. The summed E-state index contributed by atoms with van der Waals surface area (Å²) in [5.74, 6) is 0.266. The quantitative estimate of drug-likeness (QED) is 0.523. The van der Waals surface area contributed by atoms with Gasteiger partial charge < -0.3 is 4.90 Å². The van der Waals surface area contributed by atoms with E-state index in [1.807, 2.05) is 0 Å². The van der Waals surface area contributed by atoms with Crippen molar-refractivity contribution >= 4 is 28.0 Å². The number of likely N-dealkylation sites (tertiary alicyclic amines) is 1. The minimum Gasteiger partial charge on any atom is -0.333 e. The summed E-state index contributed by atoms with van der Waals surface area (Å²) in [6.07, 6.45) is 2.06. The Morgan fingerprint density at radius 2 is 1.93 bits per heavy atom. The number of carbonyl (C=O) groups excluding carboxylic acids is 1. The number of nitrogens with zero attached hydrogens (tertiary/aromatic N) is 2. The van der Waals surface area contributed by atoms with E-state index in [0.717, 1.165) is 30.1 Å². The normalized spacial score (nSPS) is 18.6. The van der Waals surface area contributed by atoms with Gasteiger partial charge in [0.2, 0.25) is 5.91 Å². The van der Waals surface area contributed by atoms with Crippen molar-refractivity contribution < 1.29 is 4.79 Å². The molecule has 1 aromatic heterocycles. The fourth-order valence-electron chi connectivity index (χ4n) is 3.92. The number of aromatic nitrogens is 1. The first kappa shape index (κ1) is 19.1. The molecule has 1 aliphatic rings. The lowest BCUT2D eigenvalue weighted by molar-refractivity contribution is -0.139. The van der Waals surface area contributed by atoms with Crippen LogP contribution in [-0.2, 0) is 4.79 Å². The number of rotatable bonds is 3. The van der Waals surface area contributed by atoms with Crippen molar-refractivity contribution in [1.29, 1.82) is 0 Å². The molecule has 0 spiro atoms. The first-order chi connectivity index (χ1) is 13.4. The summed E-state index contributed by atoms with van der Waals surface area (Å²) in [7, 11) is 0. The number of hydrogen-bond donors (Lipinski definition) is 0. The van der Waals surface area contributed by atoms with Crippen LogP contribution in [0.1, 0.15) is 51.6 Å². The summed E-state index contributed by atoms with van der Waals surface area (Å²) < 4.78 is 0. The molecule has 0 bridgehead atoms. The molecular weight excluding hydrogens is 364 g/mol. The fourth-order valence-corrected chi connectivity index (χ4v) is 4.88. The van der Waals surface area contributed by atoms with Gasteiger partial charge in [-0.3, -0.25) is 4.79 Å². The zero-order valence-electron chi connectivity index (χ0n) is 17.1. The first-order valence-electron chi connectivity index (χ1n) is 10.1. The van der Waals surface area contributed by atoms with E-state index < -0.39 is 0 Å². The van der Waals surface area contributed by atoms with E-state index >= 15 is 0 Å². The zero-order chi connectivity index (χ0) is 19.9. The van der Waals surface area contributed by atoms with Gasteiger partial charge in [0.25, 0.3) is 0 Å². The SMILES string of the molecule is C[C@H](C(=O)N1CCC[C@H]1c1nc(-c2cccc3ccccc23)cs1)C(C)(C)C. The van der Waals surface area contributed by atoms with Crippen molar-refractivity contribution in [1.82, 2.24) is 9.88 Å². The summed E-state index contributed by atoms with van der Waals surface area (Å²) in [5.41, 5.74) is 2.15. The van der Waals surface area contributed by atoms with E-state index in [4.69, 9.17) is 4.98 Å². The van der Waals surface area contributed by atoms with E-state index in [1.165, 1.54) is 16.3 Å². The molecule has 1 fully saturated rings. The van der Waals surface area contributed by atoms with Crippen LogP contribution in [-0.4, -0.2) is 22.3 Å². The maximum absolute atomic E-state index is 13.1. The largest absolute Gasteiger partial charge is 0.333 e. The second kappa shape index (κ2) is 7.32. The molecule has 0 unspecified atom stereocenters. The van der Waals surface area contributed by atoms with Crippen molar-refractivity contribution in [3.63, 3.8) is 0 Å². The maximum atomic E-state index is 13.1. The zero-order valence-corrected chi connectivity index (χ0v) is 17.9. The van der Waals surface area contributed by atoms with E-state index in [2.05, 4.69) is 80.4 Å². The van der Waals surface area contributed by atoms with E-state index in [-0.39, 0.29) is 23.3 Å². The number of thiazole rings is 1.